The number of carboxylic acid groups (broad SMARTS) is 2. The van der Waals surface area contributed by atoms with Crippen LogP contribution in [-0.2, 0) is 20.9 Å². The van der Waals surface area contributed by atoms with E-state index in [1.165, 1.54) is 0 Å². The van der Waals surface area contributed by atoms with Gasteiger partial charge in [-0.05, 0) is 25.0 Å². The van der Waals surface area contributed by atoms with Crippen LogP contribution in [0.3, 0.4) is 0 Å². The fourth-order valence-corrected chi connectivity index (χ4v) is 3.36. The molecule has 14 heteroatoms. The van der Waals surface area contributed by atoms with Gasteiger partial charge in [0.05, 0.1) is 5.69 Å². The van der Waals surface area contributed by atoms with Gasteiger partial charge in [-0.25, -0.2) is 9.59 Å². The molecule has 0 radical (unpaired) electrons. The summed E-state index contributed by atoms with van der Waals surface area (Å²) in [6, 6.07) is 7.03. The molecule has 1 amide bonds. The minimum absolute atomic E-state index is 0.224. The summed E-state index contributed by atoms with van der Waals surface area (Å²) in [6.45, 7) is 4.59. The van der Waals surface area contributed by atoms with Crippen LogP contribution in [0.4, 0.5) is 26.3 Å². The highest BCUT2D eigenvalue weighted by Gasteiger charge is 2.43. The molecule has 1 aromatic heterocycles. The van der Waals surface area contributed by atoms with Crippen LogP contribution in [0.5, 0.6) is 0 Å². The van der Waals surface area contributed by atoms with E-state index in [4.69, 9.17) is 19.8 Å². The molecule has 2 fully saturated rings. The Morgan fingerprint density at radius 1 is 0.969 bits per heavy atom. The number of carbonyl (C=O) groups excluding carboxylic acids is 1. The van der Waals surface area contributed by atoms with E-state index in [2.05, 4.69) is 16.0 Å². The number of amides is 1. The predicted octanol–water partition coefficient (Wildman–Crippen LogP) is 2.54. The first kappa shape index (κ1) is 27.1. The van der Waals surface area contributed by atoms with E-state index in [9.17, 15) is 31.1 Å². The summed E-state index contributed by atoms with van der Waals surface area (Å²) in [5, 5.41) is 14.2. The Hall–Kier alpha value is -2.90. The molecule has 3 heterocycles. The fraction of sp³-hybridized carbons (Fsp3) is 0.556. The summed E-state index contributed by atoms with van der Waals surface area (Å²) >= 11 is 0. The van der Waals surface area contributed by atoms with E-state index in [0.29, 0.717) is 12.1 Å². The van der Waals surface area contributed by atoms with Gasteiger partial charge >= 0.3 is 24.3 Å². The molecular formula is C18H21F6N3O5. The molecule has 0 saturated carbocycles. The third-order valence-corrected chi connectivity index (χ3v) is 4.67. The van der Waals surface area contributed by atoms with Gasteiger partial charge in [-0.15, -0.1) is 0 Å². The van der Waals surface area contributed by atoms with Crippen LogP contribution in [-0.4, -0.2) is 80.4 Å². The lowest BCUT2D eigenvalue weighted by Gasteiger charge is -2.24. The first-order chi connectivity index (χ1) is 14.6. The van der Waals surface area contributed by atoms with Crippen molar-refractivity contribution in [3.63, 3.8) is 0 Å². The Labute approximate surface area is 178 Å². The molecule has 2 aliphatic rings. The summed E-state index contributed by atoms with van der Waals surface area (Å²) < 4.78 is 63.5. The van der Waals surface area contributed by atoms with Gasteiger partial charge in [0.25, 0.3) is 0 Å². The zero-order valence-corrected chi connectivity index (χ0v) is 16.7. The molecule has 2 saturated heterocycles. The van der Waals surface area contributed by atoms with Gasteiger partial charge in [-0.2, -0.15) is 26.3 Å². The van der Waals surface area contributed by atoms with Gasteiger partial charge in [-0.3, -0.25) is 14.7 Å². The highest BCUT2D eigenvalue weighted by molar-refractivity contribution is 5.74. The number of fused-ring (bicyclic) bond motifs is 1. The molecule has 0 unspecified atom stereocenters. The van der Waals surface area contributed by atoms with Crippen LogP contribution in [0, 0.1) is 0 Å². The van der Waals surface area contributed by atoms with E-state index in [1.807, 2.05) is 23.2 Å². The average molecular weight is 473 g/mol. The van der Waals surface area contributed by atoms with Crippen molar-refractivity contribution in [2.75, 3.05) is 13.1 Å². The van der Waals surface area contributed by atoms with E-state index >= 15 is 0 Å². The maximum absolute atomic E-state index is 11.5. The van der Waals surface area contributed by atoms with Crippen molar-refractivity contribution in [2.45, 2.75) is 50.7 Å². The standard InChI is InChI=1S/C14H19N3O.2C2HF3O2/c1-11(18)17-9-6-13-14(17)5-8-16(13)10-12-4-2-3-7-15-12;2*3-2(4,5)1(6)7/h2-4,7,13-14H,5-6,8-10H2,1H3;2*(H,6,7)/t13-,14+;;/m0../s1. The second-order valence-corrected chi connectivity index (χ2v) is 6.82. The second-order valence-electron chi connectivity index (χ2n) is 6.82. The lowest BCUT2D eigenvalue weighted by atomic mass is 10.1. The number of rotatable bonds is 2. The van der Waals surface area contributed by atoms with Crippen LogP contribution >= 0.6 is 0 Å². The van der Waals surface area contributed by atoms with Gasteiger partial charge in [0.15, 0.2) is 0 Å². The van der Waals surface area contributed by atoms with Crippen molar-refractivity contribution in [3.05, 3.63) is 30.1 Å². The van der Waals surface area contributed by atoms with Gasteiger partial charge in [0.2, 0.25) is 5.91 Å². The summed E-state index contributed by atoms with van der Waals surface area (Å²) in [7, 11) is 0. The van der Waals surface area contributed by atoms with Crippen LogP contribution in [0.1, 0.15) is 25.5 Å². The number of nitrogens with zero attached hydrogens (tertiary/aromatic N) is 3. The molecule has 1 aromatic rings. The largest absolute Gasteiger partial charge is 0.490 e. The minimum Gasteiger partial charge on any atom is -0.475 e. The summed E-state index contributed by atoms with van der Waals surface area (Å²) in [5.74, 6) is -5.29. The van der Waals surface area contributed by atoms with Crippen molar-refractivity contribution in [1.82, 2.24) is 14.8 Å². The number of pyridine rings is 1. The lowest BCUT2D eigenvalue weighted by molar-refractivity contribution is -0.193. The third kappa shape index (κ3) is 8.32. The van der Waals surface area contributed by atoms with Crippen molar-refractivity contribution >= 4 is 17.8 Å². The Morgan fingerprint density at radius 2 is 1.47 bits per heavy atom. The second kappa shape index (κ2) is 11.1. The molecule has 3 rings (SSSR count). The lowest BCUT2D eigenvalue weighted by Crippen LogP contribution is -2.38. The maximum Gasteiger partial charge on any atom is 0.490 e. The number of hydrogen-bond acceptors (Lipinski definition) is 5. The minimum atomic E-state index is -5.08. The average Bonchev–Trinajstić information content (AvgIpc) is 3.25. The monoisotopic (exact) mass is 473 g/mol. The molecule has 32 heavy (non-hydrogen) atoms. The smallest absolute Gasteiger partial charge is 0.475 e. The molecule has 0 spiro atoms. The number of hydrogen-bond donors (Lipinski definition) is 2. The number of aliphatic carboxylic acids is 2. The Bertz CT molecular complexity index is 764. The molecule has 2 aliphatic heterocycles. The SMILES string of the molecule is CC(=O)N1CC[C@H]2[C@H]1CCN2Cc1ccccn1.O=C(O)C(F)(F)F.O=C(O)C(F)(F)F. The zero-order chi connectivity index (χ0) is 24.7. The predicted molar refractivity (Wildman–Crippen MR) is 96.2 cm³/mol. The Balaban J connectivity index is 0.000000305. The van der Waals surface area contributed by atoms with E-state index in [0.717, 1.165) is 38.2 Å². The number of aromatic nitrogens is 1. The van der Waals surface area contributed by atoms with Crippen molar-refractivity contribution in [1.29, 1.82) is 0 Å². The molecular weight excluding hydrogens is 452 g/mol. The van der Waals surface area contributed by atoms with Crippen LogP contribution < -0.4 is 0 Å². The molecule has 0 bridgehead atoms. The van der Waals surface area contributed by atoms with Gasteiger partial charge in [-0.1, -0.05) is 6.07 Å². The number of carboxylic acids is 2. The summed E-state index contributed by atoms with van der Waals surface area (Å²) in [4.78, 5) is 38.3. The number of halogens is 6. The first-order valence-corrected chi connectivity index (χ1v) is 9.16. The van der Waals surface area contributed by atoms with Crippen molar-refractivity contribution < 1.29 is 50.9 Å². The highest BCUT2D eigenvalue weighted by atomic mass is 19.4. The zero-order valence-electron chi connectivity index (χ0n) is 16.7. The fourth-order valence-electron chi connectivity index (χ4n) is 3.36. The Morgan fingerprint density at radius 3 is 1.88 bits per heavy atom. The third-order valence-electron chi connectivity index (χ3n) is 4.67. The number of alkyl halides is 6. The summed E-state index contributed by atoms with van der Waals surface area (Å²) in [6.07, 6.45) is -6.10. The summed E-state index contributed by atoms with van der Waals surface area (Å²) in [5.41, 5.74) is 1.12. The molecule has 2 atom stereocenters. The van der Waals surface area contributed by atoms with E-state index in [1.54, 1.807) is 6.92 Å². The van der Waals surface area contributed by atoms with Gasteiger partial charge in [0.1, 0.15) is 0 Å². The molecule has 0 aliphatic carbocycles. The number of likely N-dealkylation sites (tertiary alicyclic amines) is 2. The van der Waals surface area contributed by atoms with E-state index in [-0.39, 0.29) is 5.91 Å². The van der Waals surface area contributed by atoms with Gasteiger partial charge in [0, 0.05) is 44.8 Å². The topological polar surface area (TPSA) is 111 Å². The van der Waals surface area contributed by atoms with Crippen molar-refractivity contribution in [2.24, 2.45) is 0 Å². The van der Waals surface area contributed by atoms with Crippen molar-refractivity contribution in [3.8, 4) is 0 Å². The Kier molecular flexibility index (Phi) is 9.42. The highest BCUT2D eigenvalue weighted by Crippen LogP contribution is 2.32. The van der Waals surface area contributed by atoms with Gasteiger partial charge < -0.3 is 15.1 Å². The quantitative estimate of drug-likeness (QED) is 0.635. The van der Waals surface area contributed by atoms with Crippen LogP contribution in [0.2, 0.25) is 0 Å². The maximum atomic E-state index is 11.5. The molecule has 0 aromatic carbocycles. The molecule has 180 valence electrons. The number of carbonyl (C=O) groups is 3. The normalized spacial score (nSPS) is 20.4. The molecule has 2 N–H and O–H groups in total. The van der Waals surface area contributed by atoms with E-state index < -0.39 is 24.3 Å². The first-order valence-electron chi connectivity index (χ1n) is 9.16. The molecule has 8 nitrogen and oxygen atoms in total. The van der Waals surface area contributed by atoms with Crippen LogP contribution in [0.25, 0.3) is 0 Å². The van der Waals surface area contributed by atoms with Crippen LogP contribution in [0.15, 0.2) is 24.4 Å².